The van der Waals surface area contributed by atoms with E-state index in [1.165, 1.54) is 0 Å². The molecule has 4 heteroatoms. The highest BCUT2D eigenvalue weighted by Crippen LogP contribution is 2.32. The molecule has 1 saturated heterocycles. The Morgan fingerprint density at radius 1 is 1.50 bits per heavy atom. The van der Waals surface area contributed by atoms with E-state index in [1.54, 1.807) is 0 Å². The standard InChI is InChI=1S/C16H20N2O2/c1-2-20-16(19)15-9-6-12-18(15)14(10-11-17)13-7-4-3-5-8-13/h3-5,7-8,14-15H,2,6,9-10,12H2,1H3. The first kappa shape index (κ1) is 14.5. The van der Waals surface area contributed by atoms with Crippen LogP contribution in [0.25, 0.3) is 0 Å². The molecular weight excluding hydrogens is 252 g/mol. The third kappa shape index (κ3) is 3.17. The van der Waals surface area contributed by atoms with Gasteiger partial charge in [0.15, 0.2) is 0 Å². The quantitative estimate of drug-likeness (QED) is 0.773. The highest BCUT2D eigenvalue weighted by Gasteiger charge is 2.36. The Morgan fingerprint density at radius 2 is 2.25 bits per heavy atom. The van der Waals surface area contributed by atoms with E-state index in [0.29, 0.717) is 13.0 Å². The van der Waals surface area contributed by atoms with Gasteiger partial charge in [0.2, 0.25) is 0 Å². The zero-order chi connectivity index (χ0) is 14.4. The van der Waals surface area contributed by atoms with Crippen molar-refractivity contribution in [2.24, 2.45) is 0 Å². The Kier molecular flexibility index (Phi) is 5.14. The molecule has 1 aliphatic rings. The van der Waals surface area contributed by atoms with Gasteiger partial charge in [-0.3, -0.25) is 9.69 Å². The third-order valence-corrected chi connectivity index (χ3v) is 3.72. The highest BCUT2D eigenvalue weighted by atomic mass is 16.5. The number of ether oxygens (including phenoxy) is 1. The Morgan fingerprint density at radius 3 is 2.90 bits per heavy atom. The van der Waals surface area contributed by atoms with Crippen LogP contribution in [0.3, 0.4) is 0 Å². The molecule has 1 aromatic carbocycles. The fourth-order valence-corrected chi connectivity index (χ4v) is 2.84. The van der Waals surface area contributed by atoms with Gasteiger partial charge in [-0.25, -0.2) is 0 Å². The van der Waals surface area contributed by atoms with E-state index in [9.17, 15) is 4.79 Å². The third-order valence-electron chi connectivity index (χ3n) is 3.72. The molecule has 0 N–H and O–H groups in total. The number of carbonyl (C=O) groups excluding carboxylic acids is 1. The molecule has 106 valence electrons. The second kappa shape index (κ2) is 7.06. The maximum Gasteiger partial charge on any atom is 0.323 e. The van der Waals surface area contributed by atoms with Crippen LogP contribution in [-0.4, -0.2) is 30.1 Å². The molecular formula is C16H20N2O2. The Hall–Kier alpha value is -1.86. The molecule has 0 saturated carbocycles. The topological polar surface area (TPSA) is 53.3 Å². The molecule has 1 aliphatic heterocycles. The summed E-state index contributed by atoms with van der Waals surface area (Å²) in [5.74, 6) is -0.163. The summed E-state index contributed by atoms with van der Waals surface area (Å²) < 4.78 is 5.16. The van der Waals surface area contributed by atoms with Crippen molar-refractivity contribution in [3.63, 3.8) is 0 Å². The van der Waals surface area contributed by atoms with Gasteiger partial charge in [0.05, 0.1) is 19.1 Å². The number of benzene rings is 1. The van der Waals surface area contributed by atoms with Crippen LogP contribution in [0.2, 0.25) is 0 Å². The molecule has 2 atom stereocenters. The van der Waals surface area contributed by atoms with E-state index < -0.39 is 0 Å². The van der Waals surface area contributed by atoms with Crippen LogP contribution in [-0.2, 0) is 9.53 Å². The summed E-state index contributed by atoms with van der Waals surface area (Å²) in [7, 11) is 0. The van der Waals surface area contributed by atoms with E-state index in [4.69, 9.17) is 10.00 Å². The summed E-state index contributed by atoms with van der Waals surface area (Å²) in [5.41, 5.74) is 1.09. The predicted octanol–water partition coefficient (Wildman–Crippen LogP) is 2.67. The second-order valence-electron chi connectivity index (χ2n) is 4.94. The molecule has 0 spiro atoms. The first-order valence-corrected chi connectivity index (χ1v) is 7.12. The molecule has 1 fully saturated rings. The van der Waals surface area contributed by atoms with Crippen LogP contribution in [0.5, 0.6) is 0 Å². The van der Waals surface area contributed by atoms with Crippen molar-refractivity contribution in [1.82, 2.24) is 4.90 Å². The van der Waals surface area contributed by atoms with Gasteiger partial charge in [-0.1, -0.05) is 30.3 Å². The van der Waals surface area contributed by atoms with Gasteiger partial charge in [-0.05, 0) is 31.9 Å². The highest BCUT2D eigenvalue weighted by molar-refractivity contribution is 5.76. The van der Waals surface area contributed by atoms with Crippen LogP contribution in [0.4, 0.5) is 0 Å². The normalized spacial score (nSPS) is 20.3. The molecule has 0 aromatic heterocycles. The van der Waals surface area contributed by atoms with Crippen molar-refractivity contribution in [3.8, 4) is 6.07 Å². The van der Waals surface area contributed by atoms with Gasteiger partial charge in [-0.15, -0.1) is 0 Å². The van der Waals surface area contributed by atoms with E-state index in [1.807, 2.05) is 37.3 Å². The lowest BCUT2D eigenvalue weighted by Gasteiger charge is -2.30. The molecule has 0 bridgehead atoms. The minimum atomic E-state index is -0.214. The van der Waals surface area contributed by atoms with Crippen molar-refractivity contribution < 1.29 is 9.53 Å². The van der Waals surface area contributed by atoms with Gasteiger partial charge in [0, 0.05) is 6.04 Å². The second-order valence-corrected chi connectivity index (χ2v) is 4.94. The molecule has 0 aliphatic carbocycles. The van der Waals surface area contributed by atoms with Gasteiger partial charge >= 0.3 is 5.97 Å². The van der Waals surface area contributed by atoms with Crippen LogP contribution >= 0.6 is 0 Å². The first-order valence-electron chi connectivity index (χ1n) is 7.12. The molecule has 0 amide bonds. The summed E-state index contributed by atoms with van der Waals surface area (Å²) in [6, 6.07) is 11.9. The average Bonchev–Trinajstić information content (AvgIpc) is 2.95. The molecule has 20 heavy (non-hydrogen) atoms. The van der Waals surface area contributed by atoms with Gasteiger partial charge in [0.1, 0.15) is 6.04 Å². The van der Waals surface area contributed by atoms with E-state index in [2.05, 4.69) is 11.0 Å². The number of esters is 1. The summed E-state index contributed by atoms with van der Waals surface area (Å²) >= 11 is 0. The van der Waals surface area contributed by atoms with Crippen molar-refractivity contribution in [2.75, 3.05) is 13.2 Å². The fourth-order valence-electron chi connectivity index (χ4n) is 2.84. The van der Waals surface area contributed by atoms with E-state index >= 15 is 0 Å². The number of nitriles is 1. The van der Waals surface area contributed by atoms with E-state index in [-0.39, 0.29) is 18.1 Å². The largest absolute Gasteiger partial charge is 0.465 e. The summed E-state index contributed by atoms with van der Waals surface area (Å²) in [5, 5.41) is 9.09. The number of hydrogen-bond donors (Lipinski definition) is 0. The van der Waals surface area contributed by atoms with Crippen molar-refractivity contribution >= 4 is 5.97 Å². The minimum Gasteiger partial charge on any atom is -0.465 e. The molecule has 0 radical (unpaired) electrons. The first-order chi connectivity index (χ1) is 9.77. The Labute approximate surface area is 120 Å². The lowest BCUT2D eigenvalue weighted by atomic mass is 10.0. The van der Waals surface area contributed by atoms with Crippen LogP contribution < -0.4 is 0 Å². The molecule has 1 heterocycles. The van der Waals surface area contributed by atoms with E-state index in [0.717, 1.165) is 24.9 Å². The lowest BCUT2D eigenvalue weighted by molar-refractivity contribution is -0.149. The number of likely N-dealkylation sites (tertiary alicyclic amines) is 1. The maximum absolute atomic E-state index is 12.0. The van der Waals surface area contributed by atoms with Crippen LogP contribution in [0.15, 0.2) is 30.3 Å². The van der Waals surface area contributed by atoms with Crippen molar-refractivity contribution in [1.29, 1.82) is 5.26 Å². The predicted molar refractivity (Wildman–Crippen MR) is 75.8 cm³/mol. The Bertz CT molecular complexity index is 481. The van der Waals surface area contributed by atoms with Crippen molar-refractivity contribution in [3.05, 3.63) is 35.9 Å². The molecule has 2 rings (SSSR count). The van der Waals surface area contributed by atoms with Gasteiger partial charge in [-0.2, -0.15) is 5.26 Å². The molecule has 2 unspecified atom stereocenters. The number of nitrogens with zero attached hydrogens (tertiary/aromatic N) is 2. The fraction of sp³-hybridized carbons (Fsp3) is 0.500. The maximum atomic E-state index is 12.0. The molecule has 1 aromatic rings. The number of rotatable bonds is 5. The SMILES string of the molecule is CCOC(=O)C1CCCN1C(CC#N)c1ccccc1. The zero-order valence-electron chi connectivity index (χ0n) is 11.8. The van der Waals surface area contributed by atoms with Crippen molar-refractivity contribution in [2.45, 2.75) is 38.3 Å². The molecule has 4 nitrogen and oxygen atoms in total. The zero-order valence-corrected chi connectivity index (χ0v) is 11.8. The van der Waals surface area contributed by atoms with Crippen LogP contribution in [0.1, 0.15) is 37.8 Å². The summed E-state index contributed by atoms with van der Waals surface area (Å²) in [4.78, 5) is 14.2. The summed E-state index contributed by atoms with van der Waals surface area (Å²) in [6.45, 7) is 3.06. The number of hydrogen-bond acceptors (Lipinski definition) is 4. The van der Waals surface area contributed by atoms with Gasteiger partial charge in [0.25, 0.3) is 0 Å². The average molecular weight is 272 g/mol. The minimum absolute atomic E-state index is 0.0295. The summed E-state index contributed by atoms with van der Waals surface area (Å²) in [6.07, 6.45) is 2.17. The monoisotopic (exact) mass is 272 g/mol. The lowest BCUT2D eigenvalue weighted by Crippen LogP contribution is -2.39. The Balaban J connectivity index is 2.20. The van der Waals surface area contributed by atoms with Gasteiger partial charge < -0.3 is 4.74 Å². The number of carbonyl (C=O) groups is 1. The van der Waals surface area contributed by atoms with Crippen LogP contribution in [0, 0.1) is 11.3 Å². The smallest absolute Gasteiger partial charge is 0.323 e.